The Hall–Kier alpha value is -0.610. The van der Waals surface area contributed by atoms with Gasteiger partial charge in [0.25, 0.3) is 0 Å². The van der Waals surface area contributed by atoms with Crippen molar-refractivity contribution in [1.82, 2.24) is 4.90 Å². The van der Waals surface area contributed by atoms with Gasteiger partial charge in [0.2, 0.25) is 0 Å². The molecule has 0 radical (unpaired) electrons. The molecule has 1 atom stereocenters. The Bertz CT molecular complexity index is 382. The van der Waals surface area contributed by atoms with E-state index in [0.29, 0.717) is 12.6 Å². The summed E-state index contributed by atoms with van der Waals surface area (Å²) in [6, 6.07) is 8.21. The van der Waals surface area contributed by atoms with Crippen LogP contribution in [0.15, 0.2) is 24.3 Å². The third-order valence-corrected chi connectivity index (χ3v) is 4.22. The van der Waals surface area contributed by atoms with E-state index in [4.69, 9.17) is 17.3 Å². The number of halogens is 1. The number of hydrogen-bond acceptors (Lipinski definition) is 3. The maximum Gasteiger partial charge on any atom is 0.0558 e. The second-order valence-corrected chi connectivity index (χ2v) is 5.55. The van der Waals surface area contributed by atoms with Crippen molar-refractivity contribution >= 4 is 11.6 Å². The first kappa shape index (κ1) is 17.4. The van der Waals surface area contributed by atoms with Crippen LogP contribution in [0.5, 0.6) is 0 Å². The predicted molar refractivity (Wildman–Crippen MR) is 86.0 cm³/mol. The largest absolute Gasteiger partial charge is 0.395 e. The fourth-order valence-corrected chi connectivity index (χ4v) is 2.92. The third kappa shape index (κ3) is 5.06. The summed E-state index contributed by atoms with van der Waals surface area (Å²) in [5, 5.41) is 9.94. The lowest BCUT2D eigenvalue weighted by molar-refractivity contribution is 0.139. The summed E-state index contributed by atoms with van der Waals surface area (Å²) >= 11 is 6.18. The maximum absolute atomic E-state index is 9.21. The average molecular weight is 299 g/mol. The molecule has 0 aliphatic carbocycles. The van der Waals surface area contributed by atoms with Gasteiger partial charge in [-0.1, -0.05) is 43.6 Å². The zero-order valence-electron chi connectivity index (χ0n) is 12.6. The molecule has 1 rings (SSSR count). The van der Waals surface area contributed by atoms with E-state index < -0.39 is 0 Å². The van der Waals surface area contributed by atoms with Gasteiger partial charge < -0.3 is 10.8 Å². The van der Waals surface area contributed by atoms with Crippen LogP contribution in [0.3, 0.4) is 0 Å². The van der Waals surface area contributed by atoms with Crippen LogP contribution in [0.2, 0.25) is 5.02 Å². The lowest BCUT2D eigenvalue weighted by Crippen LogP contribution is -2.38. The number of nitrogens with zero attached hydrogens (tertiary/aromatic N) is 1. The molecule has 0 spiro atoms. The summed E-state index contributed by atoms with van der Waals surface area (Å²) in [5.74, 6) is 0. The molecular formula is C16H27ClN2O. The Morgan fingerprint density at radius 1 is 1.20 bits per heavy atom. The minimum Gasteiger partial charge on any atom is -0.395 e. The van der Waals surface area contributed by atoms with E-state index in [-0.39, 0.29) is 12.6 Å². The van der Waals surface area contributed by atoms with E-state index in [0.717, 1.165) is 36.4 Å². The van der Waals surface area contributed by atoms with E-state index in [2.05, 4.69) is 18.7 Å². The number of aliphatic hydroxyl groups is 1. The lowest BCUT2D eigenvalue weighted by Gasteiger charge is -2.30. The SMILES string of the molecule is CCC(CC)N(CCO)CCC(N)c1ccccc1Cl. The van der Waals surface area contributed by atoms with Gasteiger partial charge in [0.1, 0.15) is 0 Å². The van der Waals surface area contributed by atoms with Gasteiger partial charge in [-0.05, 0) is 30.9 Å². The van der Waals surface area contributed by atoms with Gasteiger partial charge in [-0.2, -0.15) is 0 Å². The van der Waals surface area contributed by atoms with E-state index in [9.17, 15) is 5.11 Å². The van der Waals surface area contributed by atoms with Crippen LogP contribution in [-0.2, 0) is 0 Å². The molecule has 20 heavy (non-hydrogen) atoms. The minimum absolute atomic E-state index is 0.0562. The van der Waals surface area contributed by atoms with Crippen molar-refractivity contribution in [3.63, 3.8) is 0 Å². The van der Waals surface area contributed by atoms with E-state index in [1.165, 1.54) is 0 Å². The number of rotatable bonds is 9. The van der Waals surface area contributed by atoms with E-state index >= 15 is 0 Å². The summed E-state index contributed by atoms with van der Waals surface area (Å²) < 4.78 is 0. The van der Waals surface area contributed by atoms with Gasteiger partial charge in [0.05, 0.1) is 6.61 Å². The second-order valence-electron chi connectivity index (χ2n) is 5.15. The van der Waals surface area contributed by atoms with Crippen LogP contribution >= 0.6 is 11.6 Å². The van der Waals surface area contributed by atoms with Crippen LogP contribution in [0, 0.1) is 0 Å². The Morgan fingerprint density at radius 2 is 1.85 bits per heavy atom. The van der Waals surface area contributed by atoms with Gasteiger partial charge in [-0.15, -0.1) is 0 Å². The Labute approximate surface area is 127 Å². The van der Waals surface area contributed by atoms with Crippen LogP contribution < -0.4 is 5.73 Å². The normalized spacial score (nSPS) is 13.2. The first-order chi connectivity index (χ1) is 9.63. The van der Waals surface area contributed by atoms with Crippen molar-refractivity contribution in [2.75, 3.05) is 19.7 Å². The first-order valence-electron chi connectivity index (χ1n) is 7.48. The fourth-order valence-electron chi connectivity index (χ4n) is 2.65. The molecular weight excluding hydrogens is 272 g/mol. The number of aliphatic hydroxyl groups excluding tert-OH is 1. The monoisotopic (exact) mass is 298 g/mol. The molecule has 0 aromatic heterocycles. The highest BCUT2D eigenvalue weighted by Gasteiger charge is 2.17. The molecule has 4 heteroatoms. The Balaban J connectivity index is 2.60. The standard InChI is InChI=1S/C16H27ClN2O/c1-3-13(4-2)19(11-12-20)10-9-16(18)14-7-5-6-8-15(14)17/h5-8,13,16,20H,3-4,9-12,18H2,1-2H3. The van der Waals surface area contributed by atoms with Gasteiger partial charge in [-0.25, -0.2) is 0 Å². The summed E-state index contributed by atoms with van der Waals surface area (Å²) in [6.07, 6.45) is 3.04. The molecule has 0 saturated carbocycles. The molecule has 0 amide bonds. The molecule has 0 heterocycles. The van der Waals surface area contributed by atoms with Crippen molar-refractivity contribution in [2.45, 2.75) is 45.2 Å². The summed E-state index contributed by atoms with van der Waals surface area (Å²) in [7, 11) is 0. The predicted octanol–water partition coefficient (Wildman–Crippen LogP) is 3.21. The summed E-state index contributed by atoms with van der Waals surface area (Å²) in [4.78, 5) is 2.33. The number of hydrogen-bond donors (Lipinski definition) is 2. The molecule has 0 saturated heterocycles. The molecule has 0 aliphatic heterocycles. The summed E-state index contributed by atoms with van der Waals surface area (Å²) in [5.41, 5.74) is 7.25. The molecule has 0 fully saturated rings. The first-order valence-corrected chi connectivity index (χ1v) is 7.86. The molecule has 1 aromatic rings. The van der Waals surface area contributed by atoms with Crippen molar-refractivity contribution in [2.24, 2.45) is 5.73 Å². The Morgan fingerprint density at radius 3 is 2.40 bits per heavy atom. The van der Waals surface area contributed by atoms with Crippen LogP contribution in [0.25, 0.3) is 0 Å². The number of benzene rings is 1. The Kier molecular flexibility index (Phi) is 8.15. The molecule has 0 bridgehead atoms. The zero-order chi connectivity index (χ0) is 15.0. The quantitative estimate of drug-likeness (QED) is 0.736. The molecule has 3 N–H and O–H groups in total. The van der Waals surface area contributed by atoms with Crippen molar-refractivity contribution in [1.29, 1.82) is 0 Å². The van der Waals surface area contributed by atoms with Gasteiger partial charge in [0.15, 0.2) is 0 Å². The highest BCUT2D eigenvalue weighted by atomic mass is 35.5. The van der Waals surface area contributed by atoms with Gasteiger partial charge >= 0.3 is 0 Å². The van der Waals surface area contributed by atoms with Crippen molar-refractivity contribution in [3.05, 3.63) is 34.9 Å². The van der Waals surface area contributed by atoms with Crippen LogP contribution in [0.4, 0.5) is 0 Å². The molecule has 1 aromatic carbocycles. The smallest absolute Gasteiger partial charge is 0.0558 e. The molecule has 114 valence electrons. The highest BCUT2D eigenvalue weighted by molar-refractivity contribution is 6.31. The maximum atomic E-state index is 9.21. The van der Waals surface area contributed by atoms with Gasteiger partial charge in [0, 0.05) is 30.2 Å². The number of nitrogens with two attached hydrogens (primary N) is 1. The van der Waals surface area contributed by atoms with Gasteiger partial charge in [-0.3, -0.25) is 4.90 Å². The second kappa shape index (κ2) is 9.35. The average Bonchev–Trinajstić information content (AvgIpc) is 2.46. The third-order valence-electron chi connectivity index (χ3n) is 3.88. The fraction of sp³-hybridized carbons (Fsp3) is 0.625. The van der Waals surface area contributed by atoms with E-state index in [1.54, 1.807) is 0 Å². The topological polar surface area (TPSA) is 49.5 Å². The minimum atomic E-state index is -0.0562. The van der Waals surface area contributed by atoms with Crippen LogP contribution in [-0.4, -0.2) is 35.7 Å². The van der Waals surface area contributed by atoms with Crippen molar-refractivity contribution < 1.29 is 5.11 Å². The highest BCUT2D eigenvalue weighted by Crippen LogP contribution is 2.23. The lowest BCUT2D eigenvalue weighted by atomic mass is 10.0. The van der Waals surface area contributed by atoms with Crippen LogP contribution in [0.1, 0.15) is 44.7 Å². The van der Waals surface area contributed by atoms with E-state index in [1.807, 2.05) is 24.3 Å². The zero-order valence-corrected chi connectivity index (χ0v) is 13.3. The molecule has 1 unspecified atom stereocenters. The van der Waals surface area contributed by atoms with Crippen molar-refractivity contribution in [3.8, 4) is 0 Å². The molecule has 0 aliphatic rings. The summed E-state index contributed by atoms with van der Waals surface area (Å²) in [6.45, 7) is 6.16. The molecule has 3 nitrogen and oxygen atoms in total.